The second-order valence-electron chi connectivity index (χ2n) is 7.24. The van der Waals surface area contributed by atoms with Gasteiger partial charge < -0.3 is 5.32 Å². The number of likely N-dealkylation sites (N-methyl/N-ethyl adjacent to an activating group) is 1. The molecule has 0 spiro atoms. The Morgan fingerprint density at radius 3 is 2.56 bits per heavy atom. The number of hydrogen-bond donors (Lipinski definition) is 1. The third-order valence-corrected chi connectivity index (χ3v) is 8.91. The average Bonchev–Trinajstić information content (AvgIpc) is 2.97. The number of nitrogens with one attached hydrogen (secondary N) is 1. The molecule has 1 aliphatic carbocycles. The summed E-state index contributed by atoms with van der Waals surface area (Å²) in [5.74, 6) is -0.494. The maximum absolute atomic E-state index is 13.0. The van der Waals surface area contributed by atoms with Gasteiger partial charge in [0.15, 0.2) is 9.84 Å². The van der Waals surface area contributed by atoms with Crippen molar-refractivity contribution < 1.29 is 21.6 Å². The molecule has 1 N–H and O–H groups in total. The number of hydrogen-bond acceptors (Lipinski definition) is 5. The molecule has 3 rings (SSSR count). The Bertz CT molecular complexity index is 925. The number of rotatable bonds is 6. The van der Waals surface area contributed by atoms with E-state index in [1.54, 1.807) is 19.1 Å². The Kier molecular flexibility index (Phi) is 5.93. The molecule has 7 nitrogen and oxygen atoms in total. The molecule has 1 fully saturated rings. The zero-order valence-electron chi connectivity index (χ0n) is 15.5. The number of fused-ring (bicyclic) bond motifs is 1. The number of benzene rings is 1. The lowest BCUT2D eigenvalue weighted by Crippen LogP contribution is -2.44. The first kappa shape index (κ1) is 20.3. The predicted molar refractivity (Wildman–Crippen MR) is 103 cm³/mol. The zero-order chi connectivity index (χ0) is 19.7. The van der Waals surface area contributed by atoms with Crippen molar-refractivity contribution in [2.24, 2.45) is 0 Å². The minimum atomic E-state index is -3.78. The number of carbonyl (C=O) groups is 1. The molecule has 1 aromatic carbocycles. The van der Waals surface area contributed by atoms with Gasteiger partial charge in [-0.15, -0.1) is 0 Å². The van der Waals surface area contributed by atoms with E-state index in [1.807, 2.05) is 6.07 Å². The molecule has 0 unspecified atom stereocenters. The van der Waals surface area contributed by atoms with E-state index in [1.165, 1.54) is 5.56 Å². The standard InChI is InChI=1S/C18H26N2O5S2/c1-2-20(12-18(21)19-16-9-10-26(22,23)13-16)27(24,25)17-8-7-14-5-3-4-6-15(14)11-17/h7-8,11,16H,2-6,9-10,12-13H2,1H3,(H,19,21)/t16-/m0/s1. The van der Waals surface area contributed by atoms with Gasteiger partial charge in [-0.05, 0) is 55.4 Å². The molecule has 0 bridgehead atoms. The molecule has 27 heavy (non-hydrogen) atoms. The summed E-state index contributed by atoms with van der Waals surface area (Å²) in [4.78, 5) is 12.5. The van der Waals surface area contributed by atoms with Gasteiger partial charge in [0.05, 0.1) is 22.9 Å². The Balaban J connectivity index is 1.71. The van der Waals surface area contributed by atoms with Crippen molar-refractivity contribution in [2.45, 2.75) is 50.0 Å². The molecule has 1 amide bonds. The molecule has 0 saturated carbocycles. The fraction of sp³-hybridized carbons (Fsp3) is 0.611. The second-order valence-corrected chi connectivity index (χ2v) is 11.4. The van der Waals surface area contributed by atoms with Crippen LogP contribution < -0.4 is 5.32 Å². The van der Waals surface area contributed by atoms with Gasteiger partial charge in [0.2, 0.25) is 15.9 Å². The highest BCUT2D eigenvalue weighted by molar-refractivity contribution is 7.91. The van der Waals surface area contributed by atoms with Crippen LogP contribution in [0, 0.1) is 0 Å². The monoisotopic (exact) mass is 414 g/mol. The van der Waals surface area contributed by atoms with Gasteiger partial charge in [-0.2, -0.15) is 4.31 Å². The Morgan fingerprint density at radius 1 is 1.22 bits per heavy atom. The van der Waals surface area contributed by atoms with Crippen molar-refractivity contribution in [3.63, 3.8) is 0 Å². The van der Waals surface area contributed by atoms with E-state index in [0.717, 1.165) is 35.6 Å². The van der Waals surface area contributed by atoms with E-state index >= 15 is 0 Å². The first-order valence-corrected chi connectivity index (χ1v) is 12.6. The minimum absolute atomic E-state index is 0.0584. The summed E-state index contributed by atoms with van der Waals surface area (Å²) >= 11 is 0. The Labute approximate surface area is 161 Å². The van der Waals surface area contributed by atoms with Crippen molar-refractivity contribution in [1.82, 2.24) is 9.62 Å². The minimum Gasteiger partial charge on any atom is -0.351 e. The molecule has 0 aromatic heterocycles. The summed E-state index contributed by atoms with van der Waals surface area (Å²) in [5.41, 5.74) is 2.27. The third kappa shape index (κ3) is 4.70. The summed E-state index contributed by atoms with van der Waals surface area (Å²) in [6.07, 6.45) is 4.40. The zero-order valence-corrected chi connectivity index (χ0v) is 17.1. The Hall–Kier alpha value is -1.45. The smallest absolute Gasteiger partial charge is 0.243 e. The lowest BCUT2D eigenvalue weighted by atomic mass is 9.92. The summed E-state index contributed by atoms with van der Waals surface area (Å²) in [7, 11) is -6.88. The molecule has 0 radical (unpaired) electrons. The van der Waals surface area contributed by atoms with Crippen LogP contribution in [0.1, 0.15) is 37.3 Å². The van der Waals surface area contributed by atoms with Crippen molar-refractivity contribution in [3.05, 3.63) is 29.3 Å². The molecule has 9 heteroatoms. The molecule has 2 aliphatic rings. The average molecular weight is 415 g/mol. The predicted octanol–water partition coefficient (Wildman–Crippen LogP) is 0.879. The fourth-order valence-electron chi connectivity index (χ4n) is 3.73. The summed E-state index contributed by atoms with van der Waals surface area (Å²) < 4.78 is 50.1. The number of amides is 1. The summed E-state index contributed by atoms with van der Waals surface area (Å²) in [5, 5.41) is 2.65. The molecule has 1 saturated heterocycles. The quantitative estimate of drug-likeness (QED) is 0.745. The van der Waals surface area contributed by atoms with Gasteiger partial charge in [0.25, 0.3) is 0 Å². The topological polar surface area (TPSA) is 101 Å². The number of aryl methyl sites for hydroxylation is 2. The van der Waals surface area contributed by atoms with Gasteiger partial charge >= 0.3 is 0 Å². The van der Waals surface area contributed by atoms with Crippen LogP contribution in [0.3, 0.4) is 0 Å². The fourth-order valence-corrected chi connectivity index (χ4v) is 6.86. The van der Waals surface area contributed by atoms with E-state index in [4.69, 9.17) is 0 Å². The first-order chi connectivity index (χ1) is 12.7. The molecule has 1 aromatic rings. The summed E-state index contributed by atoms with van der Waals surface area (Å²) in [6.45, 7) is 1.53. The molecular formula is C18H26N2O5S2. The van der Waals surface area contributed by atoms with Crippen molar-refractivity contribution in [1.29, 1.82) is 0 Å². The van der Waals surface area contributed by atoms with Crippen LogP contribution >= 0.6 is 0 Å². The molecule has 150 valence electrons. The Morgan fingerprint density at radius 2 is 1.93 bits per heavy atom. The van der Waals surface area contributed by atoms with Crippen LogP contribution in [0.15, 0.2) is 23.1 Å². The lowest BCUT2D eigenvalue weighted by Gasteiger charge is -2.23. The number of sulfonamides is 1. The maximum atomic E-state index is 13.0. The molecule has 1 heterocycles. The van der Waals surface area contributed by atoms with E-state index in [2.05, 4.69) is 5.32 Å². The van der Waals surface area contributed by atoms with Crippen LogP contribution in [-0.4, -0.2) is 57.7 Å². The van der Waals surface area contributed by atoms with Gasteiger partial charge in [0.1, 0.15) is 0 Å². The normalized spacial score (nSPS) is 21.8. The largest absolute Gasteiger partial charge is 0.351 e. The number of carbonyl (C=O) groups excluding carboxylic acids is 1. The SMILES string of the molecule is CCN(CC(=O)N[C@H]1CCS(=O)(=O)C1)S(=O)(=O)c1ccc2c(c1)CCCC2. The van der Waals surface area contributed by atoms with E-state index < -0.39 is 31.8 Å². The van der Waals surface area contributed by atoms with Gasteiger partial charge in [-0.1, -0.05) is 13.0 Å². The molecular weight excluding hydrogens is 388 g/mol. The second kappa shape index (κ2) is 7.89. The highest BCUT2D eigenvalue weighted by Gasteiger charge is 2.31. The van der Waals surface area contributed by atoms with Crippen molar-refractivity contribution in [2.75, 3.05) is 24.6 Å². The molecule has 1 atom stereocenters. The first-order valence-electron chi connectivity index (χ1n) is 9.33. The van der Waals surface area contributed by atoms with E-state index in [-0.39, 0.29) is 29.5 Å². The van der Waals surface area contributed by atoms with Crippen LogP contribution in [-0.2, 0) is 37.5 Å². The van der Waals surface area contributed by atoms with Gasteiger partial charge in [-0.3, -0.25) is 4.79 Å². The van der Waals surface area contributed by atoms with Crippen LogP contribution in [0.5, 0.6) is 0 Å². The third-order valence-electron chi connectivity index (χ3n) is 5.23. The van der Waals surface area contributed by atoms with Gasteiger partial charge in [0, 0.05) is 12.6 Å². The molecule has 1 aliphatic heterocycles. The maximum Gasteiger partial charge on any atom is 0.243 e. The van der Waals surface area contributed by atoms with Crippen molar-refractivity contribution >= 4 is 25.8 Å². The van der Waals surface area contributed by atoms with E-state index in [9.17, 15) is 21.6 Å². The van der Waals surface area contributed by atoms with Crippen LogP contribution in [0.25, 0.3) is 0 Å². The van der Waals surface area contributed by atoms with E-state index in [0.29, 0.717) is 6.42 Å². The van der Waals surface area contributed by atoms with Gasteiger partial charge in [-0.25, -0.2) is 16.8 Å². The van der Waals surface area contributed by atoms with Crippen LogP contribution in [0.2, 0.25) is 0 Å². The lowest BCUT2D eigenvalue weighted by molar-refractivity contribution is -0.121. The number of nitrogens with zero attached hydrogens (tertiary/aromatic N) is 1. The highest BCUT2D eigenvalue weighted by atomic mass is 32.2. The highest BCUT2D eigenvalue weighted by Crippen LogP contribution is 2.25. The summed E-state index contributed by atoms with van der Waals surface area (Å²) in [6, 6.07) is 4.78. The number of sulfone groups is 1. The van der Waals surface area contributed by atoms with Crippen molar-refractivity contribution in [3.8, 4) is 0 Å². The van der Waals surface area contributed by atoms with Crippen LogP contribution in [0.4, 0.5) is 0 Å².